The van der Waals surface area contributed by atoms with Gasteiger partial charge in [-0.2, -0.15) is 0 Å². The molecule has 4 heterocycles. The lowest BCUT2D eigenvalue weighted by Crippen LogP contribution is -2.61. The largest absolute Gasteiger partial charge is 0.310 e. The van der Waals surface area contributed by atoms with Gasteiger partial charge in [0.15, 0.2) is 0 Å². The maximum Gasteiger partial charge on any atom is 0.252 e. The first-order valence-corrected chi connectivity index (χ1v) is 44.7. The molecule has 14 aromatic carbocycles. The average Bonchev–Trinajstić information content (AvgIpc) is 1.51. The molecule has 0 amide bonds. The lowest BCUT2D eigenvalue weighted by atomic mass is 9.33. The Morgan fingerprint density at radius 2 is 0.496 bits per heavy atom. The summed E-state index contributed by atoms with van der Waals surface area (Å²) in [4.78, 5) is 3.07. The fourth-order valence-corrected chi connectivity index (χ4v) is 17.2. The van der Waals surface area contributed by atoms with Crippen LogP contribution in [0, 0.1) is 0 Å². The summed E-state index contributed by atoms with van der Waals surface area (Å²) in [6, 6.07) is -4.30. The minimum absolute atomic E-state index is 0.00387. The van der Waals surface area contributed by atoms with Gasteiger partial charge in [0, 0.05) is 72.2 Å². The van der Waals surface area contributed by atoms with Gasteiger partial charge in [0.25, 0.3) is 6.71 Å². The van der Waals surface area contributed by atoms with Crippen LogP contribution in [0.3, 0.4) is 0 Å². The van der Waals surface area contributed by atoms with Crippen molar-refractivity contribution in [3.63, 3.8) is 0 Å². The fourth-order valence-electron chi connectivity index (χ4n) is 17.2. The highest BCUT2D eigenvalue weighted by Gasteiger charge is 2.47. The van der Waals surface area contributed by atoms with Crippen molar-refractivity contribution in [3.8, 4) is 67.0 Å². The molecule has 16 aromatic rings. The highest BCUT2D eigenvalue weighted by molar-refractivity contribution is 7.00. The minimum Gasteiger partial charge on any atom is -0.310 e. The van der Waals surface area contributed by atoms with Crippen LogP contribution in [0.4, 0.5) is 34.1 Å². The molecule has 0 fully saturated rings. The third-order valence-electron chi connectivity index (χ3n) is 24.8. The summed E-state index contributed by atoms with van der Waals surface area (Å²) in [5.74, 6) is 0. The maximum absolute atomic E-state index is 11.9. The Morgan fingerprint density at radius 3 is 0.822 bits per heavy atom. The molecule has 0 spiro atoms. The van der Waals surface area contributed by atoms with Crippen LogP contribution < -0.4 is 26.2 Å². The molecule has 4 nitrogen and oxygen atoms in total. The van der Waals surface area contributed by atoms with E-state index in [1.807, 2.05) is 30.3 Å². The van der Waals surface area contributed by atoms with Crippen LogP contribution in [-0.4, -0.2) is 15.8 Å². The average molecular weight is 1730 g/mol. The molecule has 2 aromatic heterocycles. The van der Waals surface area contributed by atoms with E-state index in [2.05, 4.69) is 47.6 Å². The number of fused-ring (bicyclic) bond motifs is 10. The Hall–Kier alpha value is -11.7. The summed E-state index contributed by atoms with van der Waals surface area (Å²) < 4.78 is 363. The summed E-state index contributed by atoms with van der Waals surface area (Å²) in [6.07, 6.45) is 0. The van der Waals surface area contributed by atoms with Crippen LogP contribution in [0.25, 0.3) is 111 Å². The second-order valence-corrected chi connectivity index (χ2v) is 45.3. The van der Waals surface area contributed by atoms with Crippen LogP contribution in [0.15, 0.2) is 272 Å². The van der Waals surface area contributed by atoms with Gasteiger partial charge in [-0.15, -0.1) is 0 Å². The molecule has 5 heteroatoms. The lowest BCUT2D eigenvalue weighted by molar-refractivity contribution is 0.568. The van der Waals surface area contributed by atoms with E-state index in [4.69, 9.17) is 0 Å². The minimum atomic E-state index is -1.57. The Bertz CT molecular complexity index is 9050. The zero-order valence-corrected chi connectivity index (χ0v) is 80.2. The van der Waals surface area contributed by atoms with E-state index in [0.29, 0.717) is 11.1 Å². The highest BCUT2D eigenvalue weighted by Crippen LogP contribution is 2.58. The Kier molecular flexibility index (Phi) is 13.2. The highest BCUT2D eigenvalue weighted by atomic mass is 15.2. The number of hydrogen-bond donors (Lipinski definition) is 0. The van der Waals surface area contributed by atoms with Gasteiger partial charge in [0.1, 0.15) is 0 Å². The fraction of sp³-hybridized carbons (Fsp3) is 0.323. The van der Waals surface area contributed by atoms with Gasteiger partial charge in [0.2, 0.25) is 0 Å². The summed E-state index contributed by atoms with van der Waals surface area (Å²) in [6.45, 7) is 52.5. The number of benzene rings is 14. The van der Waals surface area contributed by atoms with Crippen molar-refractivity contribution in [1.82, 2.24) is 9.13 Å². The summed E-state index contributed by atoms with van der Waals surface area (Å²) in [7, 11) is 0. The van der Waals surface area contributed by atoms with Gasteiger partial charge in [-0.25, -0.2) is 0 Å². The van der Waals surface area contributed by atoms with E-state index in [1.54, 1.807) is 177 Å². The van der Waals surface area contributed by atoms with Crippen LogP contribution >= 0.6 is 0 Å². The second-order valence-electron chi connectivity index (χ2n) is 45.3. The number of rotatable bonds is 9. The van der Waals surface area contributed by atoms with E-state index >= 15 is 0 Å². The number of aromatic nitrogens is 2. The monoisotopic (exact) mass is 1730 g/mol. The molecule has 0 N–H and O–H groups in total. The molecule has 654 valence electrons. The van der Waals surface area contributed by atoms with Gasteiger partial charge in [-0.1, -0.05) is 401 Å². The van der Waals surface area contributed by atoms with Gasteiger partial charge < -0.3 is 18.9 Å². The molecule has 2 aliphatic rings. The molecule has 0 saturated heterocycles. The first-order chi connectivity index (χ1) is 74.5. The molecule has 0 bridgehead atoms. The molecule has 0 atom stereocenters. The van der Waals surface area contributed by atoms with Gasteiger partial charge in [-0.05, 0) is 238 Å². The summed E-state index contributed by atoms with van der Waals surface area (Å²) >= 11 is 0. The zero-order valence-electron chi connectivity index (χ0n) is 114. The van der Waals surface area contributed by atoms with Crippen LogP contribution in [0.2, 0.25) is 0 Å². The normalized spacial score (nSPS) is 17.5. The van der Waals surface area contributed by atoms with Crippen molar-refractivity contribution in [2.45, 2.75) is 262 Å². The van der Waals surface area contributed by atoms with Crippen molar-refractivity contribution >= 4 is 101 Å². The van der Waals surface area contributed by atoms with Crippen molar-refractivity contribution in [1.29, 1.82) is 0 Å². The predicted molar refractivity (Wildman–Crippen MR) is 563 cm³/mol. The van der Waals surface area contributed by atoms with Crippen LogP contribution in [-0.2, 0) is 54.1 Å². The Balaban J connectivity index is 1.28. The first-order valence-electron chi connectivity index (χ1n) is 61.7. The molecule has 0 radical (unpaired) electrons. The molecule has 2 aliphatic heterocycles. The van der Waals surface area contributed by atoms with E-state index in [1.165, 1.54) is 38.3 Å². The molecular weight excluding hydrogens is 1560 g/mol. The summed E-state index contributed by atoms with van der Waals surface area (Å²) in [5, 5.41) is -1.72. The predicted octanol–water partition coefficient (Wildman–Crippen LogP) is 33.3. The van der Waals surface area contributed by atoms with E-state index < -0.39 is 343 Å². The lowest BCUT2D eigenvalue weighted by Gasteiger charge is -2.46. The first kappa shape index (κ1) is 56.0. The number of hydrogen-bond acceptors (Lipinski definition) is 2. The Labute approximate surface area is 819 Å². The van der Waals surface area contributed by atoms with Crippen molar-refractivity contribution in [2.75, 3.05) is 9.80 Å². The smallest absolute Gasteiger partial charge is 0.252 e. The molecule has 129 heavy (non-hydrogen) atoms. The molecule has 0 unspecified atom stereocenters. The van der Waals surface area contributed by atoms with Crippen LogP contribution in [0.1, 0.15) is 310 Å². The number of anilines is 6. The van der Waals surface area contributed by atoms with Crippen molar-refractivity contribution < 1.29 is 46.6 Å². The van der Waals surface area contributed by atoms with Crippen molar-refractivity contribution in [3.05, 3.63) is 328 Å². The van der Waals surface area contributed by atoms with Crippen molar-refractivity contribution in [2.24, 2.45) is 0 Å². The SMILES string of the molecule is [2H]c1c([2H])c(C(C)(C)C)c([2H])c([2H])c1-c1c([2H])c(C(C)(C)C)c([2H])c(-c2c([2H])c(C(C)(C)C)c([2H])c(C(C)(C)C)c2[2H])c1N1c2cc(-c3cc(C(C)(C)C)cc(C(C)(C)C)c3)ccc2B2c3ccc(-n4c5c([2H])c([2H])c([2H])c([2H])c5c5c([2H])c([2H])c([2H])c([2H])c54)cc3N(c3c(-c4c([2H])c([2H])c(C(C)(C)C)c([2H])c4[2H])c([2H])c(C(C)(C)C)c([2H])c3-c3c([2H])c(C(C)(C)C)c([2H])c(C(C)(C)C)c3[2H])c3cc(-n4c5c([2H])c([2H])c([2H])c([2H])c5c5c([2H])c([2H])c([2H])c([2H])c54)cc1c32. The molecule has 18 rings (SSSR count). The third kappa shape index (κ3) is 15.8. The maximum atomic E-state index is 11.9. The number of para-hydroxylation sites is 4. The zero-order chi connectivity index (χ0) is 122. The third-order valence-corrected chi connectivity index (χ3v) is 24.8. The second kappa shape index (κ2) is 30.5. The van der Waals surface area contributed by atoms with E-state index in [9.17, 15) is 46.6 Å². The molecular formula is C124H135BN4. The Morgan fingerprint density at radius 1 is 0.217 bits per heavy atom. The quantitative estimate of drug-likeness (QED) is 0.134. The number of nitrogens with zero attached hydrogens (tertiary/aromatic N) is 4. The van der Waals surface area contributed by atoms with Gasteiger partial charge in [-0.3, -0.25) is 0 Å². The molecule has 0 aliphatic carbocycles. The van der Waals surface area contributed by atoms with E-state index in [0.717, 1.165) is 11.1 Å². The van der Waals surface area contributed by atoms with Gasteiger partial charge >= 0.3 is 0 Å². The topological polar surface area (TPSA) is 16.3 Å². The van der Waals surface area contributed by atoms with Gasteiger partial charge in [0.05, 0.1) is 85.7 Å². The van der Waals surface area contributed by atoms with E-state index in [-0.39, 0.29) is 118 Å². The molecule has 0 saturated carbocycles. The standard InChI is InChI=1S/C124H135BN4/c1-115(2,3)82-52-47-76(48-53-82)98-69-90(123(25,26)27)71-100(80-61-86(119(13,14)15)67-87(62-80)120(16,17)18)113(98)128-108-65-78(79-59-84(117(7,8)9)66-85(60-79)118(10,11)12)51-57-102(108)125-103-58-56-92(126-104-43-35-31-39-94(104)95-40-32-36-44-105(95)126)73-109(103)129(111-75-93(74-110(128)112(111)125)127-106-45-37-33-41-96(106)97-42-34-38-46-107(97)127)114-99(77-49-54-83(55-50-77)116(4,5)6)70-91(124(28,29)30)72-101(114)81-63-88(121(19,20)21)68-89(64-81)122(22,23)24/h31-75H,1-30H3/i31D,32D,33D,34D,35D,36D,37D,38D,39D,40D,41D,42D,43D,44D,45D,46D,47D,48D,49D,50D,52D,53D,54D,55D,61D,62D,63D,64D,67D,68D,69D,70D,71D,72D. The van der Waals surface area contributed by atoms with Crippen LogP contribution in [0.5, 0.6) is 0 Å². The summed E-state index contributed by atoms with van der Waals surface area (Å²) in [5.41, 5.74) is -17.4.